The van der Waals surface area contributed by atoms with Crippen LogP contribution < -0.4 is 15.2 Å². The van der Waals surface area contributed by atoms with Crippen molar-refractivity contribution in [2.75, 3.05) is 20.8 Å². The molecule has 5 rings (SSSR count). The summed E-state index contributed by atoms with van der Waals surface area (Å²) < 4.78 is 32.0. The molecule has 0 unspecified atom stereocenters. The molecule has 1 saturated heterocycles. The highest BCUT2D eigenvalue weighted by Gasteiger charge is 2.44. The van der Waals surface area contributed by atoms with Gasteiger partial charge in [0, 0.05) is 24.6 Å². The number of H-pyrrole nitrogens is 1. The topological polar surface area (TPSA) is 118 Å². The molecular weight excluding hydrogens is 620 g/mol. The van der Waals surface area contributed by atoms with Crippen molar-refractivity contribution in [3.05, 3.63) is 122 Å². The highest BCUT2D eigenvalue weighted by Crippen LogP contribution is 2.43. The molecule has 10 nitrogen and oxygen atoms in total. The zero-order chi connectivity index (χ0) is 33.6. The van der Waals surface area contributed by atoms with Crippen LogP contribution in [0, 0.1) is 11.6 Å². The standard InChI is InChI=1S/C36H38N2O8S/c1-23-21-38(35(41)37-34(23)47)32-20-30(46-33(40)19-10-24(2)39)31(45-32)22-44-36(25-8-6-5-7-9-25,26-11-15-28(42-3)16-12-26)27-13-17-29(43-4)18-14-27/h5-9,11-18,21,30-32H,10,19-20,22H2,1-4H3,(H,37,41,47)/t30-,31+,32+/m0/s1. The maximum Gasteiger partial charge on any atom is 0.328 e. The predicted octanol–water partition coefficient (Wildman–Crippen LogP) is 5.81. The number of ketones is 1. The van der Waals surface area contributed by atoms with Crippen molar-refractivity contribution in [3.63, 3.8) is 0 Å². The Morgan fingerprint density at radius 3 is 2.04 bits per heavy atom. The number of ether oxygens (including phenoxy) is 5. The van der Waals surface area contributed by atoms with Gasteiger partial charge in [-0.25, -0.2) is 4.79 Å². The number of benzene rings is 3. The van der Waals surface area contributed by atoms with E-state index in [1.807, 2.05) is 78.9 Å². The zero-order valence-electron chi connectivity index (χ0n) is 26.8. The van der Waals surface area contributed by atoms with Crippen molar-refractivity contribution in [3.8, 4) is 11.5 Å². The molecule has 2 heterocycles. The van der Waals surface area contributed by atoms with E-state index in [0.29, 0.717) is 21.7 Å². The second-order valence-corrected chi connectivity index (χ2v) is 11.8. The van der Waals surface area contributed by atoms with Gasteiger partial charge in [0.15, 0.2) is 0 Å². The van der Waals surface area contributed by atoms with Gasteiger partial charge in [-0.05, 0) is 54.8 Å². The lowest BCUT2D eigenvalue weighted by Gasteiger charge is -2.37. The number of methoxy groups -OCH3 is 2. The summed E-state index contributed by atoms with van der Waals surface area (Å²) in [6, 6.07) is 25.1. The highest BCUT2D eigenvalue weighted by molar-refractivity contribution is 7.71. The highest BCUT2D eigenvalue weighted by atomic mass is 32.1. The van der Waals surface area contributed by atoms with Crippen LogP contribution in [0.1, 0.15) is 54.7 Å². The summed E-state index contributed by atoms with van der Waals surface area (Å²) >= 11 is 5.24. The Labute approximate surface area is 278 Å². The van der Waals surface area contributed by atoms with Gasteiger partial charge in [0.05, 0.1) is 27.2 Å². The lowest BCUT2D eigenvalue weighted by atomic mass is 9.80. The maximum atomic E-state index is 12.9. The summed E-state index contributed by atoms with van der Waals surface area (Å²) in [5, 5.41) is 0. The molecule has 11 heteroatoms. The Balaban J connectivity index is 1.56. The largest absolute Gasteiger partial charge is 0.497 e. The van der Waals surface area contributed by atoms with Gasteiger partial charge in [-0.2, -0.15) is 0 Å². The minimum absolute atomic E-state index is 0.0231. The molecule has 1 fully saturated rings. The molecule has 0 aliphatic carbocycles. The average molecular weight is 659 g/mol. The number of aromatic nitrogens is 2. The number of carbonyl (C=O) groups excluding carboxylic acids is 2. The van der Waals surface area contributed by atoms with Crippen molar-refractivity contribution < 1.29 is 33.3 Å². The van der Waals surface area contributed by atoms with E-state index in [-0.39, 0.29) is 31.7 Å². The van der Waals surface area contributed by atoms with E-state index < -0.39 is 35.7 Å². The molecule has 1 aliphatic heterocycles. The first kappa shape index (κ1) is 33.8. The summed E-state index contributed by atoms with van der Waals surface area (Å²) in [6.45, 7) is 3.19. The fraction of sp³-hybridized carbons (Fsp3) is 0.333. The summed E-state index contributed by atoms with van der Waals surface area (Å²) in [5.74, 6) is 0.728. The molecule has 4 aromatic rings. The molecule has 1 N–H and O–H groups in total. The van der Waals surface area contributed by atoms with E-state index in [1.165, 1.54) is 11.5 Å². The first-order valence-corrected chi connectivity index (χ1v) is 15.7. The molecule has 0 spiro atoms. The van der Waals surface area contributed by atoms with Crippen LogP contribution in [0.3, 0.4) is 0 Å². The summed E-state index contributed by atoms with van der Waals surface area (Å²) in [4.78, 5) is 40.0. The third-order valence-corrected chi connectivity index (χ3v) is 8.66. The van der Waals surface area contributed by atoms with Gasteiger partial charge in [0.2, 0.25) is 0 Å². The molecule has 3 aromatic carbocycles. The first-order valence-electron chi connectivity index (χ1n) is 15.3. The third kappa shape index (κ3) is 7.54. The number of hydrogen-bond donors (Lipinski definition) is 1. The van der Waals surface area contributed by atoms with Crippen molar-refractivity contribution in [1.82, 2.24) is 9.55 Å². The fourth-order valence-corrected chi connectivity index (χ4v) is 5.87. The number of aromatic amines is 1. The van der Waals surface area contributed by atoms with Gasteiger partial charge in [-0.3, -0.25) is 14.3 Å². The maximum absolute atomic E-state index is 12.9. The predicted molar refractivity (Wildman–Crippen MR) is 177 cm³/mol. The lowest BCUT2D eigenvalue weighted by Crippen LogP contribution is -2.39. The van der Waals surface area contributed by atoms with E-state index >= 15 is 0 Å². The van der Waals surface area contributed by atoms with Gasteiger partial charge in [0.1, 0.15) is 46.0 Å². The molecule has 0 saturated carbocycles. The molecule has 47 heavy (non-hydrogen) atoms. The molecule has 246 valence electrons. The molecule has 0 radical (unpaired) electrons. The van der Waals surface area contributed by atoms with Crippen LogP contribution in [0.25, 0.3) is 0 Å². The van der Waals surface area contributed by atoms with Gasteiger partial charge >= 0.3 is 11.7 Å². The van der Waals surface area contributed by atoms with E-state index in [4.69, 9.17) is 35.9 Å². The Bertz CT molecular complexity index is 1750. The monoisotopic (exact) mass is 658 g/mol. The van der Waals surface area contributed by atoms with Crippen LogP contribution in [0.4, 0.5) is 0 Å². The molecule has 3 atom stereocenters. The molecule has 0 bridgehead atoms. The first-order chi connectivity index (χ1) is 22.6. The van der Waals surface area contributed by atoms with Gasteiger partial charge in [-0.1, -0.05) is 66.8 Å². The van der Waals surface area contributed by atoms with Crippen LogP contribution in [-0.2, 0) is 29.4 Å². The van der Waals surface area contributed by atoms with Crippen molar-refractivity contribution in [1.29, 1.82) is 0 Å². The summed E-state index contributed by atoms with van der Waals surface area (Å²) in [5.41, 5.74) is 1.60. The smallest absolute Gasteiger partial charge is 0.328 e. The van der Waals surface area contributed by atoms with Crippen LogP contribution >= 0.6 is 12.2 Å². The Hall–Kier alpha value is -4.58. The fourth-order valence-electron chi connectivity index (χ4n) is 5.73. The van der Waals surface area contributed by atoms with Crippen LogP contribution in [0.2, 0.25) is 0 Å². The lowest BCUT2D eigenvalue weighted by molar-refractivity contribution is -0.156. The quantitative estimate of drug-likeness (QED) is 0.108. The SMILES string of the molecule is COc1ccc(C(OC[C@H]2O[C@@H](n3cc(C)c(=S)[nH]c3=O)C[C@@H]2OC(=O)CCC(C)=O)(c2ccccc2)c2ccc(OC)cc2)cc1. The van der Waals surface area contributed by atoms with Gasteiger partial charge in [-0.15, -0.1) is 0 Å². The van der Waals surface area contributed by atoms with E-state index in [2.05, 4.69) is 4.98 Å². The minimum Gasteiger partial charge on any atom is -0.497 e. The van der Waals surface area contributed by atoms with Gasteiger partial charge < -0.3 is 28.5 Å². The molecular formula is C36H38N2O8S. The molecule has 0 amide bonds. The normalized spacial score (nSPS) is 17.7. The summed E-state index contributed by atoms with van der Waals surface area (Å²) in [6.07, 6.45) is -0.476. The van der Waals surface area contributed by atoms with Crippen molar-refractivity contribution in [2.24, 2.45) is 0 Å². The van der Waals surface area contributed by atoms with Crippen LogP contribution in [-0.4, -0.2) is 54.3 Å². The number of carbonyl (C=O) groups is 2. The number of Topliss-reactive ketones (excluding diaryl/α,β-unsaturated/α-hetero) is 1. The van der Waals surface area contributed by atoms with Crippen LogP contribution in [0.5, 0.6) is 11.5 Å². The number of nitrogens with one attached hydrogen (secondary N) is 1. The Morgan fingerprint density at radius 1 is 0.915 bits per heavy atom. The number of aryl methyl sites for hydroxylation is 1. The number of rotatable bonds is 13. The van der Waals surface area contributed by atoms with E-state index in [1.54, 1.807) is 27.3 Å². The van der Waals surface area contributed by atoms with E-state index in [0.717, 1.165) is 16.7 Å². The average Bonchev–Trinajstić information content (AvgIpc) is 3.48. The Kier molecular flexibility index (Phi) is 10.7. The van der Waals surface area contributed by atoms with Crippen molar-refractivity contribution in [2.45, 2.75) is 57.1 Å². The second kappa shape index (κ2) is 14.9. The second-order valence-electron chi connectivity index (χ2n) is 11.4. The zero-order valence-corrected chi connectivity index (χ0v) is 27.6. The van der Waals surface area contributed by atoms with Crippen molar-refractivity contribution >= 4 is 24.0 Å². The minimum atomic E-state index is -1.14. The van der Waals surface area contributed by atoms with Gasteiger partial charge in [0.25, 0.3) is 0 Å². The van der Waals surface area contributed by atoms with Crippen LogP contribution in [0.15, 0.2) is 89.9 Å². The molecule has 1 aliphatic rings. The number of esters is 1. The summed E-state index contributed by atoms with van der Waals surface area (Å²) in [7, 11) is 3.22. The third-order valence-electron chi connectivity index (χ3n) is 8.24. The molecule has 1 aromatic heterocycles. The number of hydrogen-bond acceptors (Lipinski definition) is 9. The Morgan fingerprint density at radius 2 is 1.49 bits per heavy atom. The number of nitrogens with zero attached hydrogens (tertiary/aromatic N) is 1. The van der Waals surface area contributed by atoms with E-state index in [9.17, 15) is 14.4 Å².